The summed E-state index contributed by atoms with van der Waals surface area (Å²) >= 11 is 1.59. The minimum Gasteiger partial charge on any atom is -0.394 e. The number of nitrogens with zero attached hydrogens (tertiary/aromatic N) is 6. The lowest BCUT2D eigenvalue weighted by atomic mass is 10.0. The van der Waals surface area contributed by atoms with Crippen LogP contribution in [0.2, 0.25) is 0 Å². The highest BCUT2D eigenvalue weighted by atomic mass is 32.1. The van der Waals surface area contributed by atoms with Gasteiger partial charge in [-0.2, -0.15) is 5.10 Å². The van der Waals surface area contributed by atoms with Crippen molar-refractivity contribution in [2.45, 2.75) is 20.8 Å². The van der Waals surface area contributed by atoms with Gasteiger partial charge in [-0.1, -0.05) is 31.1 Å². The predicted molar refractivity (Wildman–Crippen MR) is 130 cm³/mol. The summed E-state index contributed by atoms with van der Waals surface area (Å²) in [6.45, 7) is 9.56. The molecule has 32 heavy (non-hydrogen) atoms. The van der Waals surface area contributed by atoms with Crippen molar-refractivity contribution in [2.75, 3.05) is 32.0 Å². The summed E-state index contributed by atoms with van der Waals surface area (Å²) in [5, 5.41) is 9.73. The molecule has 0 radical (unpaired) electrons. The van der Waals surface area contributed by atoms with Gasteiger partial charge in [0.05, 0.1) is 5.69 Å². The van der Waals surface area contributed by atoms with Gasteiger partial charge < -0.3 is 15.5 Å². The van der Waals surface area contributed by atoms with E-state index in [0.717, 1.165) is 46.0 Å². The first-order valence-electron chi connectivity index (χ1n) is 10.7. The molecule has 0 saturated carbocycles. The molecule has 9 heteroatoms. The van der Waals surface area contributed by atoms with E-state index in [1.54, 1.807) is 17.5 Å². The number of rotatable bonds is 9. The number of anilines is 1. The van der Waals surface area contributed by atoms with Crippen molar-refractivity contribution in [3.63, 3.8) is 0 Å². The number of fused-ring (bicyclic) bond motifs is 1. The zero-order chi connectivity index (χ0) is 22.5. The lowest BCUT2D eigenvalue weighted by molar-refractivity contribution is 0.114. The van der Waals surface area contributed by atoms with E-state index in [1.807, 2.05) is 48.1 Å². The summed E-state index contributed by atoms with van der Waals surface area (Å²) in [6, 6.07) is 11.9. The topological polar surface area (TPSA) is 94.5 Å². The van der Waals surface area contributed by atoms with E-state index in [9.17, 15) is 0 Å². The van der Waals surface area contributed by atoms with E-state index in [0.29, 0.717) is 18.0 Å². The predicted octanol–water partition coefficient (Wildman–Crippen LogP) is 3.88. The van der Waals surface area contributed by atoms with Crippen molar-refractivity contribution in [1.82, 2.24) is 24.6 Å². The number of aryl methyl sites for hydroxylation is 1. The fourth-order valence-electron chi connectivity index (χ4n) is 3.49. The molecule has 0 aliphatic carbocycles. The first-order valence-corrected chi connectivity index (χ1v) is 11.5. The molecule has 0 aliphatic rings. The van der Waals surface area contributed by atoms with Crippen molar-refractivity contribution >= 4 is 33.2 Å². The van der Waals surface area contributed by atoms with Crippen LogP contribution in [0.3, 0.4) is 0 Å². The molecule has 2 N–H and O–H groups in total. The van der Waals surface area contributed by atoms with Gasteiger partial charge in [-0.05, 0) is 44.3 Å². The molecule has 0 fully saturated rings. The number of nitrogens with two attached hydrogens (primary N) is 1. The summed E-state index contributed by atoms with van der Waals surface area (Å²) in [5.74, 6) is 0.221. The van der Waals surface area contributed by atoms with Gasteiger partial charge in [0.1, 0.15) is 22.8 Å². The Morgan fingerprint density at radius 2 is 1.97 bits per heavy atom. The molecule has 0 aliphatic heterocycles. The Morgan fingerprint density at radius 1 is 1.19 bits per heavy atom. The molecular weight excluding hydrogens is 422 g/mol. The number of nitrogen functional groups attached to an aromatic ring is 1. The van der Waals surface area contributed by atoms with Gasteiger partial charge in [0.2, 0.25) is 5.95 Å². The van der Waals surface area contributed by atoms with Gasteiger partial charge in [0, 0.05) is 34.8 Å². The number of thiophene rings is 1. The number of hydrogen-bond donors (Lipinski definition) is 1. The van der Waals surface area contributed by atoms with E-state index in [-0.39, 0.29) is 5.95 Å². The van der Waals surface area contributed by atoms with Crippen molar-refractivity contribution in [1.29, 1.82) is 0 Å². The maximum absolute atomic E-state index is 6.04. The Kier molecular flexibility index (Phi) is 6.77. The maximum Gasteiger partial charge on any atom is 0.222 e. The highest BCUT2D eigenvalue weighted by Gasteiger charge is 2.18. The molecule has 1 aromatic carbocycles. The number of hydrogen-bond acceptors (Lipinski definition) is 8. The molecule has 3 aromatic heterocycles. The van der Waals surface area contributed by atoms with Gasteiger partial charge in [-0.25, -0.2) is 14.6 Å². The fraction of sp³-hybridized carbons (Fsp3) is 0.304. The SMILES string of the molecule is CCN(CC)CCO/N=C(\c1ccc(-n2cccn2)cc1)c1nc(N)nc2sc(C)cc12. The van der Waals surface area contributed by atoms with E-state index in [2.05, 4.69) is 45.0 Å². The third-order valence-corrected chi connectivity index (χ3v) is 6.16. The molecule has 0 saturated heterocycles. The highest BCUT2D eigenvalue weighted by molar-refractivity contribution is 7.18. The number of benzene rings is 1. The molecule has 0 bridgehead atoms. The Morgan fingerprint density at radius 3 is 2.66 bits per heavy atom. The van der Waals surface area contributed by atoms with Gasteiger partial charge in [0.15, 0.2) is 0 Å². The monoisotopic (exact) mass is 449 g/mol. The third-order valence-electron chi connectivity index (χ3n) is 5.22. The molecule has 0 unspecified atom stereocenters. The summed E-state index contributed by atoms with van der Waals surface area (Å²) in [4.78, 5) is 19.0. The third kappa shape index (κ3) is 4.79. The lowest BCUT2D eigenvalue weighted by Crippen LogP contribution is -2.26. The van der Waals surface area contributed by atoms with E-state index in [1.165, 1.54) is 0 Å². The van der Waals surface area contributed by atoms with Crippen molar-refractivity contribution in [2.24, 2.45) is 5.16 Å². The number of oxime groups is 1. The molecule has 0 spiro atoms. The summed E-state index contributed by atoms with van der Waals surface area (Å²) in [7, 11) is 0. The molecule has 3 heterocycles. The highest BCUT2D eigenvalue weighted by Crippen LogP contribution is 2.28. The van der Waals surface area contributed by atoms with Crippen LogP contribution < -0.4 is 5.73 Å². The smallest absolute Gasteiger partial charge is 0.222 e. The van der Waals surface area contributed by atoms with Crippen LogP contribution in [0.1, 0.15) is 30.0 Å². The Labute approximate surface area is 191 Å². The number of aromatic nitrogens is 4. The molecular formula is C23H27N7OS. The average Bonchev–Trinajstić information content (AvgIpc) is 3.46. The minimum atomic E-state index is 0.221. The zero-order valence-electron chi connectivity index (χ0n) is 18.5. The Hall–Kier alpha value is -3.30. The van der Waals surface area contributed by atoms with Crippen molar-refractivity contribution in [3.05, 3.63) is 64.9 Å². The van der Waals surface area contributed by atoms with Crippen LogP contribution >= 0.6 is 11.3 Å². The van der Waals surface area contributed by atoms with Crippen LogP contribution in [-0.4, -0.2) is 56.6 Å². The largest absolute Gasteiger partial charge is 0.394 e. The fourth-order valence-corrected chi connectivity index (χ4v) is 4.37. The lowest BCUT2D eigenvalue weighted by Gasteiger charge is -2.16. The summed E-state index contributed by atoms with van der Waals surface area (Å²) < 4.78 is 1.81. The maximum atomic E-state index is 6.04. The second-order valence-electron chi connectivity index (χ2n) is 7.30. The normalized spacial score (nSPS) is 12.1. The van der Waals surface area contributed by atoms with E-state index < -0.39 is 0 Å². The molecule has 4 aromatic rings. The van der Waals surface area contributed by atoms with Crippen LogP contribution in [0.25, 0.3) is 15.9 Å². The van der Waals surface area contributed by atoms with Crippen LogP contribution in [0, 0.1) is 6.92 Å². The van der Waals surface area contributed by atoms with Crippen LogP contribution in [-0.2, 0) is 4.84 Å². The van der Waals surface area contributed by atoms with E-state index in [4.69, 9.17) is 10.6 Å². The second kappa shape index (κ2) is 9.88. The number of likely N-dealkylation sites (N-methyl/N-ethyl adjacent to an activating group) is 1. The standard InChI is InChI=1S/C23H27N7OS/c1-4-29(5-2)13-14-31-28-20(17-7-9-18(10-8-17)30-12-6-11-25-30)21-19-15-16(3)32-22(19)27-23(24)26-21/h6-12,15H,4-5,13-14H2,1-3H3,(H2,24,26,27)/b28-20+. The van der Waals surface area contributed by atoms with Crippen LogP contribution in [0.5, 0.6) is 0 Å². The van der Waals surface area contributed by atoms with Gasteiger partial charge in [-0.3, -0.25) is 0 Å². The van der Waals surface area contributed by atoms with Crippen LogP contribution in [0.4, 0.5) is 5.95 Å². The van der Waals surface area contributed by atoms with E-state index >= 15 is 0 Å². The summed E-state index contributed by atoms with van der Waals surface area (Å²) in [5.41, 5.74) is 9.18. The minimum absolute atomic E-state index is 0.221. The first kappa shape index (κ1) is 21.9. The van der Waals surface area contributed by atoms with Crippen LogP contribution in [0.15, 0.2) is 53.9 Å². The first-order chi connectivity index (χ1) is 15.6. The molecule has 4 rings (SSSR count). The zero-order valence-corrected chi connectivity index (χ0v) is 19.3. The molecule has 0 amide bonds. The molecule has 0 atom stereocenters. The van der Waals surface area contributed by atoms with Gasteiger partial charge in [0.25, 0.3) is 0 Å². The quantitative estimate of drug-likeness (QED) is 0.237. The Balaban J connectivity index is 1.71. The average molecular weight is 450 g/mol. The van der Waals surface area contributed by atoms with Gasteiger partial charge in [-0.15, -0.1) is 11.3 Å². The summed E-state index contributed by atoms with van der Waals surface area (Å²) in [6.07, 6.45) is 3.66. The van der Waals surface area contributed by atoms with Crippen molar-refractivity contribution in [3.8, 4) is 5.69 Å². The molecule has 166 valence electrons. The van der Waals surface area contributed by atoms with Gasteiger partial charge >= 0.3 is 0 Å². The molecule has 8 nitrogen and oxygen atoms in total. The second-order valence-corrected chi connectivity index (χ2v) is 8.54. The Bertz CT molecular complexity index is 1200. The van der Waals surface area contributed by atoms with Crippen molar-refractivity contribution < 1.29 is 4.84 Å².